The van der Waals surface area contributed by atoms with Gasteiger partial charge in [-0.3, -0.25) is 0 Å². The van der Waals surface area contributed by atoms with E-state index in [1.807, 2.05) is 20.8 Å². The molecular formula is C11H15NO2. The van der Waals surface area contributed by atoms with Gasteiger partial charge in [0.15, 0.2) is 0 Å². The number of hydrogen-bond donors (Lipinski definition) is 2. The van der Waals surface area contributed by atoms with Crippen molar-refractivity contribution in [1.29, 1.82) is 5.41 Å². The Balaban J connectivity index is 2.95. The van der Waals surface area contributed by atoms with Crippen molar-refractivity contribution in [3.05, 3.63) is 23.8 Å². The maximum absolute atomic E-state index is 9.33. The molecule has 1 aromatic rings. The summed E-state index contributed by atoms with van der Waals surface area (Å²) in [4.78, 5) is 0. The Kier molecular flexibility index (Phi) is 2.79. The first kappa shape index (κ1) is 10.6. The average molecular weight is 193 g/mol. The van der Waals surface area contributed by atoms with Gasteiger partial charge in [0.25, 0.3) is 0 Å². The SMILES string of the molecule is CC(C)(C)Oc1ccc(O)c(C=N)c1. The van der Waals surface area contributed by atoms with Crippen LogP contribution in [0.25, 0.3) is 0 Å². The van der Waals surface area contributed by atoms with E-state index < -0.39 is 0 Å². The lowest BCUT2D eigenvalue weighted by atomic mass is 10.1. The molecule has 0 saturated heterocycles. The second kappa shape index (κ2) is 3.70. The highest BCUT2D eigenvalue weighted by molar-refractivity contribution is 5.81. The van der Waals surface area contributed by atoms with Gasteiger partial charge < -0.3 is 15.3 Å². The Hall–Kier alpha value is -1.51. The fourth-order valence-electron chi connectivity index (χ4n) is 1.07. The first-order valence-corrected chi connectivity index (χ1v) is 4.45. The quantitative estimate of drug-likeness (QED) is 0.709. The van der Waals surface area contributed by atoms with Gasteiger partial charge in [0.05, 0.1) is 0 Å². The van der Waals surface area contributed by atoms with Crippen LogP contribution in [0.5, 0.6) is 11.5 Å². The summed E-state index contributed by atoms with van der Waals surface area (Å²) in [5, 5.41) is 16.4. The Morgan fingerprint density at radius 2 is 2.00 bits per heavy atom. The first-order chi connectivity index (χ1) is 6.42. The molecule has 1 rings (SSSR count). The van der Waals surface area contributed by atoms with Crippen LogP contribution in [0.15, 0.2) is 18.2 Å². The molecule has 0 atom stereocenters. The molecule has 2 N–H and O–H groups in total. The predicted molar refractivity (Wildman–Crippen MR) is 56.4 cm³/mol. The van der Waals surface area contributed by atoms with Gasteiger partial charge in [0.1, 0.15) is 17.1 Å². The molecule has 0 unspecified atom stereocenters. The Morgan fingerprint density at radius 3 is 2.50 bits per heavy atom. The van der Waals surface area contributed by atoms with Gasteiger partial charge in [-0.15, -0.1) is 0 Å². The van der Waals surface area contributed by atoms with Crippen LogP contribution in [0.4, 0.5) is 0 Å². The molecule has 0 aliphatic carbocycles. The van der Waals surface area contributed by atoms with Crippen molar-refractivity contribution in [1.82, 2.24) is 0 Å². The van der Waals surface area contributed by atoms with Gasteiger partial charge >= 0.3 is 0 Å². The second-order valence-electron chi connectivity index (χ2n) is 4.08. The third-order valence-corrected chi connectivity index (χ3v) is 1.58. The summed E-state index contributed by atoms with van der Waals surface area (Å²) in [7, 11) is 0. The van der Waals surface area contributed by atoms with Crippen LogP contribution in [0.1, 0.15) is 26.3 Å². The van der Waals surface area contributed by atoms with E-state index in [1.165, 1.54) is 6.07 Å². The Labute approximate surface area is 83.8 Å². The normalized spacial score (nSPS) is 11.1. The Bertz CT molecular complexity index is 340. The van der Waals surface area contributed by atoms with E-state index in [2.05, 4.69) is 0 Å². The lowest BCUT2D eigenvalue weighted by Gasteiger charge is -2.21. The molecule has 0 aliphatic rings. The lowest BCUT2D eigenvalue weighted by molar-refractivity contribution is 0.131. The average Bonchev–Trinajstić information content (AvgIpc) is 2.06. The highest BCUT2D eigenvalue weighted by Crippen LogP contribution is 2.24. The van der Waals surface area contributed by atoms with Crippen LogP contribution in [0, 0.1) is 5.41 Å². The van der Waals surface area contributed by atoms with Crippen molar-refractivity contribution < 1.29 is 9.84 Å². The van der Waals surface area contributed by atoms with E-state index in [-0.39, 0.29) is 11.4 Å². The summed E-state index contributed by atoms with van der Waals surface area (Å²) in [5.41, 5.74) is 0.197. The van der Waals surface area contributed by atoms with Crippen molar-refractivity contribution in [2.24, 2.45) is 0 Å². The third-order valence-electron chi connectivity index (χ3n) is 1.58. The molecule has 3 nitrogen and oxygen atoms in total. The monoisotopic (exact) mass is 193 g/mol. The summed E-state index contributed by atoms with van der Waals surface area (Å²) < 4.78 is 5.58. The maximum atomic E-state index is 9.33. The molecule has 0 saturated carbocycles. The highest BCUT2D eigenvalue weighted by Gasteiger charge is 2.12. The molecule has 0 aromatic heterocycles. The van der Waals surface area contributed by atoms with Gasteiger partial charge in [-0.05, 0) is 39.0 Å². The number of ether oxygens (including phenoxy) is 1. The molecular weight excluding hydrogens is 178 g/mol. The molecule has 1 aromatic carbocycles. The number of aromatic hydroxyl groups is 1. The first-order valence-electron chi connectivity index (χ1n) is 4.45. The second-order valence-corrected chi connectivity index (χ2v) is 4.08. The van der Waals surface area contributed by atoms with Crippen LogP contribution in [0.2, 0.25) is 0 Å². The minimum absolute atomic E-state index is 0.0984. The topological polar surface area (TPSA) is 53.3 Å². The van der Waals surface area contributed by atoms with Gasteiger partial charge in [-0.1, -0.05) is 0 Å². The molecule has 76 valence electrons. The predicted octanol–water partition coefficient (Wildman–Crippen LogP) is 2.57. The number of phenolic OH excluding ortho intramolecular Hbond substituents is 1. The van der Waals surface area contributed by atoms with Crippen molar-refractivity contribution in [3.63, 3.8) is 0 Å². The van der Waals surface area contributed by atoms with E-state index in [0.717, 1.165) is 6.21 Å². The largest absolute Gasteiger partial charge is 0.507 e. The summed E-state index contributed by atoms with van der Waals surface area (Å²) in [6.07, 6.45) is 1.10. The van der Waals surface area contributed by atoms with Crippen LogP contribution in [-0.4, -0.2) is 16.9 Å². The van der Waals surface area contributed by atoms with Crippen LogP contribution < -0.4 is 4.74 Å². The van der Waals surface area contributed by atoms with E-state index >= 15 is 0 Å². The molecule has 0 spiro atoms. The smallest absolute Gasteiger partial charge is 0.124 e. The van der Waals surface area contributed by atoms with Crippen LogP contribution >= 0.6 is 0 Å². The number of phenols is 1. The molecule has 14 heavy (non-hydrogen) atoms. The Morgan fingerprint density at radius 1 is 1.36 bits per heavy atom. The fraction of sp³-hybridized carbons (Fsp3) is 0.364. The van der Waals surface area contributed by atoms with E-state index in [9.17, 15) is 5.11 Å². The minimum Gasteiger partial charge on any atom is -0.507 e. The number of rotatable bonds is 2. The standard InChI is InChI=1S/C11H15NO2/c1-11(2,3)14-9-4-5-10(13)8(6-9)7-12/h4-7,12-13H,1-3H3. The van der Waals surface area contributed by atoms with Crippen LogP contribution in [-0.2, 0) is 0 Å². The van der Waals surface area contributed by atoms with Crippen molar-refractivity contribution in [2.75, 3.05) is 0 Å². The lowest BCUT2D eigenvalue weighted by Crippen LogP contribution is -2.22. The fourth-order valence-corrected chi connectivity index (χ4v) is 1.07. The minimum atomic E-state index is -0.268. The summed E-state index contributed by atoms with van der Waals surface area (Å²) in [6, 6.07) is 4.86. The zero-order valence-corrected chi connectivity index (χ0v) is 8.66. The van der Waals surface area contributed by atoms with E-state index in [0.29, 0.717) is 11.3 Å². The molecule has 0 fully saturated rings. The van der Waals surface area contributed by atoms with E-state index in [1.54, 1.807) is 12.1 Å². The van der Waals surface area contributed by atoms with Gasteiger partial charge in [0, 0.05) is 11.8 Å². The van der Waals surface area contributed by atoms with Crippen molar-refractivity contribution in [3.8, 4) is 11.5 Å². The summed E-state index contributed by atoms with van der Waals surface area (Å²) in [6.45, 7) is 5.85. The van der Waals surface area contributed by atoms with Gasteiger partial charge in [-0.2, -0.15) is 0 Å². The zero-order valence-electron chi connectivity index (χ0n) is 8.66. The molecule has 0 aliphatic heterocycles. The number of hydrogen-bond acceptors (Lipinski definition) is 3. The number of benzene rings is 1. The molecule has 0 amide bonds. The molecule has 3 heteroatoms. The zero-order chi connectivity index (χ0) is 10.8. The molecule has 0 radical (unpaired) electrons. The maximum Gasteiger partial charge on any atom is 0.124 e. The molecule has 0 heterocycles. The third kappa shape index (κ3) is 2.76. The van der Waals surface area contributed by atoms with Gasteiger partial charge in [0.2, 0.25) is 0 Å². The van der Waals surface area contributed by atoms with Crippen molar-refractivity contribution >= 4 is 6.21 Å². The van der Waals surface area contributed by atoms with Crippen molar-refractivity contribution in [2.45, 2.75) is 26.4 Å². The highest BCUT2D eigenvalue weighted by atomic mass is 16.5. The van der Waals surface area contributed by atoms with Crippen LogP contribution in [0.3, 0.4) is 0 Å². The van der Waals surface area contributed by atoms with E-state index in [4.69, 9.17) is 10.1 Å². The number of nitrogens with one attached hydrogen (secondary N) is 1. The summed E-state index contributed by atoms with van der Waals surface area (Å²) >= 11 is 0. The van der Waals surface area contributed by atoms with Gasteiger partial charge in [-0.25, -0.2) is 0 Å². The summed E-state index contributed by atoms with van der Waals surface area (Å²) in [5.74, 6) is 0.759. The molecule has 0 bridgehead atoms.